The first-order chi connectivity index (χ1) is 15.5. The molecule has 3 amide bonds. The third-order valence-corrected chi connectivity index (χ3v) is 6.88. The summed E-state index contributed by atoms with van der Waals surface area (Å²) in [5, 5.41) is 4.90. The number of rotatable bonds is 9. The number of benzene rings is 1. The van der Waals surface area contributed by atoms with E-state index >= 15 is 0 Å². The highest BCUT2D eigenvalue weighted by molar-refractivity contribution is 7.10. The summed E-state index contributed by atoms with van der Waals surface area (Å²) in [7, 11) is 1.62. The summed E-state index contributed by atoms with van der Waals surface area (Å²) in [6.45, 7) is 7.40. The lowest BCUT2D eigenvalue weighted by atomic mass is 10.00. The lowest BCUT2D eigenvalue weighted by molar-refractivity contribution is -0.135. The monoisotopic (exact) mass is 459 g/mol. The first-order valence-electron chi connectivity index (χ1n) is 11.2. The smallest absolute Gasteiger partial charge is 0.318 e. The van der Waals surface area contributed by atoms with Crippen LogP contribution in [0, 0.1) is 0 Å². The molecule has 32 heavy (non-hydrogen) atoms. The predicted molar refractivity (Wildman–Crippen MR) is 126 cm³/mol. The topological polar surface area (TPSA) is 71.1 Å². The van der Waals surface area contributed by atoms with Gasteiger partial charge in [0.05, 0.1) is 13.2 Å². The van der Waals surface area contributed by atoms with Crippen LogP contribution in [0.15, 0.2) is 35.7 Å². The van der Waals surface area contributed by atoms with Gasteiger partial charge in [0.1, 0.15) is 24.7 Å². The minimum atomic E-state index is -0.201. The van der Waals surface area contributed by atoms with E-state index in [0.29, 0.717) is 25.4 Å². The van der Waals surface area contributed by atoms with Gasteiger partial charge in [0.2, 0.25) is 5.91 Å². The van der Waals surface area contributed by atoms with Crippen LogP contribution in [0.5, 0.6) is 11.5 Å². The molecule has 0 saturated carbocycles. The minimum absolute atomic E-state index is 0.0292. The van der Waals surface area contributed by atoms with Crippen molar-refractivity contribution in [3.05, 3.63) is 46.2 Å². The highest BCUT2D eigenvalue weighted by Crippen LogP contribution is 2.34. The molecule has 2 heterocycles. The van der Waals surface area contributed by atoms with Gasteiger partial charge < -0.3 is 24.6 Å². The van der Waals surface area contributed by atoms with Crippen LogP contribution in [-0.4, -0.2) is 61.1 Å². The zero-order valence-corrected chi connectivity index (χ0v) is 20.1. The summed E-state index contributed by atoms with van der Waals surface area (Å²) in [4.78, 5) is 30.8. The number of nitrogens with one attached hydrogen (secondary N) is 1. The summed E-state index contributed by atoms with van der Waals surface area (Å²) >= 11 is 1.72. The number of thiophene rings is 1. The Morgan fingerprint density at radius 1 is 1.28 bits per heavy atom. The molecular formula is C24H33N3O4S. The van der Waals surface area contributed by atoms with Crippen LogP contribution in [0.25, 0.3) is 0 Å². The van der Waals surface area contributed by atoms with Gasteiger partial charge in [-0.25, -0.2) is 4.79 Å². The Kier molecular flexibility index (Phi) is 8.39. The van der Waals surface area contributed by atoms with Crippen molar-refractivity contribution in [3.8, 4) is 11.5 Å². The van der Waals surface area contributed by atoms with Gasteiger partial charge in [0.25, 0.3) is 0 Å². The van der Waals surface area contributed by atoms with Gasteiger partial charge >= 0.3 is 6.03 Å². The van der Waals surface area contributed by atoms with Crippen molar-refractivity contribution in [1.29, 1.82) is 0 Å². The number of hydrogen-bond acceptors (Lipinski definition) is 5. The molecule has 0 saturated heterocycles. The van der Waals surface area contributed by atoms with Crippen molar-refractivity contribution in [2.24, 2.45) is 0 Å². The van der Waals surface area contributed by atoms with Crippen LogP contribution in [0.2, 0.25) is 0 Å². The summed E-state index contributed by atoms with van der Waals surface area (Å²) in [6.07, 6.45) is 1.60. The molecule has 174 valence electrons. The van der Waals surface area contributed by atoms with Crippen molar-refractivity contribution in [3.63, 3.8) is 0 Å². The van der Waals surface area contributed by atoms with Crippen molar-refractivity contribution in [2.75, 3.05) is 33.4 Å². The molecule has 1 aliphatic heterocycles. The zero-order chi connectivity index (χ0) is 23.1. The molecule has 0 radical (unpaired) electrons. The lowest BCUT2D eigenvalue weighted by Gasteiger charge is -2.38. The molecule has 1 N–H and O–H groups in total. The number of carbonyl (C=O) groups excluding carboxylic acids is 2. The number of amides is 3. The van der Waals surface area contributed by atoms with E-state index < -0.39 is 0 Å². The summed E-state index contributed by atoms with van der Waals surface area (Å²) < 4.78 is 11.4. The van der Waals surface area contributed by atoms with Crippen LogP contribution in [0.1, 0.15) is 43.7 Å². The molecule has 0 fully saturated rings. The maximum absolute atomic E-state index is 13.4. The summed E-state index contributed by atoms with van der Waals surface area (Å²) in [5.41, 5.74) is 1.13. The van der Waals surface area contributed by atoms with E-state index in [9.17, 15) is 9.59 Å². The maximum Gasteiger partial charge on any atom is 0.318 e. The number of fused-ring (bicyclic) bond motifs is 1. The highest BCUT2D eigenvalue weighted by Gasteiger charge is 2.34. The molecule has 3 rings (SSSR count). The first kappa shape index (κ1) is 23.9. The number of hydrogen-bond donors (Lipinski definition) is 1. The van der Waals surface area contributed by atoms with E-state index in [2.05, 4.69) is 16.8 Å². The number of ether oxygens (including phenoxy) is 2. The highest BCUT2D eigenvalue weighted by atomic mass is 32.1. The second kappa shape index (κ2) is 11.2. The van der Waals surface area contributed by atoms with Gasteiger partial charge in [0, 0.05) is 30.1 Å². The number of carbonyl (C=O) groups is 2. The van der Waals surface area contributed by atoms with Crippen LogP contribution in [-0.2, 0) is 11.2 Å². The van der Waals surface area contributed by atoms with Crippen molar-refractivity contribution in [1.82, 2.24) is 15.1 Å². The molecule has 0 spiro atoms. The van der Waals surface area contributed by atoms with E-state index in [1.807, 2.05) is 49.9 Å². The zero-order valence-electron chi connectivity index (χ0n) is 19.3. The standard InChI is InChI=1S/C24H33N3O4S/c1-5-17(3)27(24(29)25-6-2)15-23(28)26-12-10-22-20(11-13-32-22)21(26)16-31-19-9-7-8-18(14-19)30-4/h7-9,11,13-14,17,21H,5-6,10,12,15-16H2,1-4H3,(H,25,29)/t17-,21-/m1/s1. The summed E-state index contributed by atoms with van der Waals surface area (Å²) in [5.74, 6) is 1.36. The molecule has 2 aromatic rings. The summed E-state index contributed by atoms with van der Waals surface area (Å²) in [6, 6.07) is 9.11. The normalized spacial score (nSPS) is 16.1. The molecule has 7 nitrogen and oxygen atoms in total. The van der Waals surface area contributed by atoms with E-state index in [4.69, 9.17) is 9.47 Å². The Bertz CT molecular complexity index is 916. The third kappa shape index (κ3) is 5.54. The predicted octanol–water partition coefficient (Wildman–Crippen LogP) is 4.09. The van der Waals surface area contributed by atoms with Gasteiger partial charge in [-0.05, 0) is 55.8 Å². The Hall–Kier alpha value is -2.74. The fraction of sp³-hybridized carbons (Fsp3) is 0.500. The third-order valence-electron chi connectivity index (χ3n) is 5.88. The minimum Gasteiger partial charge on any atom is -0.497 e. The fourth-order valence-electron chi connectivity index (χ4n) is 3.88. The first-order valence-corrected chi connectivity index (χ1v) is 12.0. The van der Waals surface area contributed by atoms with Crippen molar-refractivity contribution >= 4 is 23.3 Å². The SMILES string of the molecule is CCNC(=O)N(CC(=O)N1CCc2sccc2[C@H]1COc1cccc(OC)c1)[C@H](C)CC. The Morgan fingerprint density at radius 3 is 2.78 bits per heavy atom. The fourth-order valence-corrected chi connectivity index (χ4v) is 4.81. The van der Waals surface area contributed by atoms with E-state index in [1.54, 1.807) is 23.3 Å². The molecule has 1 aliphatic rings. The molecule has 8 heteroatoms. The number of nitrogens with zero attached hydrogens (tertiary/aromatic N) is 2. The Labute approximate surface area is 194 Å². The quantitative estimate of drug-likeness (QED) is 0.613. The molecule has 2 atom stereocenters. The Balaban J connectivity index is 1.78. The van der Waals surface area contributed by atoms with Crippen LogP contribution < -0.4 is 14.8 Å². The molecule has 0 unspecified atom stereocenters. The van der Waals surface area contributed by atoms with E-state index in [-0.39, 0.29) is 30.6 Å². The van der Waals surface area contributed by atoms with Gasteiger partial charge in [0.15, 0.2) is 0 Å². The number of urea groups is 1. The number of methoxy groups -OCH3 is 1. The molecular weight excluding hydrogens is 426 g/mol. The lowest BCUT2D eigenvalue weighted by Crippen LogP contribution is -2.52. The second-order valence-electron chi connectivity index (χ2n) is 7.86. The van der Waals surface area contributed by atoms with Gasteiger partial charge in [-0.3, -0.25) is 4.79 Å². The average Bonchev–Trinajstić information content (AvgIpc) is 3.29. The molecule has 1 aromatic heterocycles. The molecule has 0 bridgehead atoms. The Morgan fingerprint density at radius 2 is 2.06 bits per heavy atom. The van der Waals surface area contributed by atoms with Gasteiger partial charge in [-0.2, -0.15) is 0 Å². The van der Waals surface area contributed by atoms with Crippen molar-refractivity contribution in [2.45, 2.75) is 45.7 Å². The van der Waals surface area contributed by atoms with Crippen LogP contribution >= 0.6 is 11.3 Å². The van der Waals surface area contributed by atoms with Crippen LogP contribution in [0.4, 0.5) is 4.79 Å². The molecule has 0 aliphatic carbocycles. The van der Waals surface area contributed by atoms with E-state index in [1.165, 1.54) is 4.88 Å². The van der Waals surface area contributed by atoms with Gasteiger partial charge in [-0.1, -0.05) is 13.0 Å². The van der Waals surface area contributed by atoms with Crippen molar-refractivity contribution < 1.29 is 19.1 Å². The largest absolute Gasteiger partial charge is 0.497 e. The second-order valence-corrected chi connectivity index (χ2v) is 8.86. The van der Waals surface area contributed by atoms with Crippen LogP contribution in [0.3, 0.4) is 0 Å². The molecule has 1 aromatic carbocycles. The van der Waals surface area contributed by atoms with E-state index in [0.717, 1.165) is 24.2 Å². The van der Waals surface area contributed by atoms with Gasteiger partial charge in [-0.15, -0.1) is 11.3 Å². The maximum atomic E-state index is 13.4. The average molecular weight is 460 g/mol.